The largest absolute Gasteiger partial charge is 0.467 e. The van der Waals surface area contributed by atoms with Gasteiger partial charge in [-0.2, -0.15) is 0 Å². The lowest BCUT2D eigenvalue weighted by Crippen LogP contribution is -2.40. The van der Waals surface area contributed by atoms with Crippen LogP contribution >= 0.6 is 7.60 Å². The molecule has 0 saturated carbocycles. The van der Waals surface area contributed by atoms with E-state index in [1.165, 1.54) is 12.0 Å². The van der Waals surface area contributed by atoms with Crippen molar-refractivity contribution in [3.63, 3.8) is 0 Å². The van der Waals surface area contributed by atoms with Gasteiger partial charge in [0.15, 0.2) is 0 Å². The fourth-order valence-electron chi connectivity index (χ4n) is 2.02. The summed E-state index contributed by atoms with van der Waals surface area (Å²) in [6.45, 7) is 3.80. The summed E-state index contributed by atoms with van der Waals surface area (Å²) in [4.78, 5) is 25.1. The minimum absolute atomic E-state index is 0.0970. The van der Waals surface area contributed by atoms with Crippen LogP contribution in [0.3, 0.4) is 0 Å². The first-order valence-electron chi connectivity index (χ1n) is 6.28. The van der Waals surface area contributed by atoms with Gasteiger partial charge in [-0.15, -0.1) is 0 Å². The van der Waals surface area contributed by atoms with Gasteiger partial charge in [-0.3, -0.25) is 4.79 Å². The Morgan fingerprint density at radius 1 is 1.26 bits per heavy atom. The predicted molar refractivity (Wildman–Crippen MR) is 68.0 cm³/mol. The lowest BCUT2D eigenvalue weighted by molar-refractivity contribution is -0.144. The number of carbonyl (C=O) groups excluding carboxylic acids is 2. The first-order valence-corrected chi connectivity index (χ1v) is 7.82. The molecule has 1 saturated heterocycles. The molecule has 0 aromatic heterocycles. The van der Waals surface area contributed by atoms with Crippen LogP contribution in [0.2, 0.25) is 0 Å². The highest BCUT2D eigenvalue weighted by atomic mass is 31.2. The van der Waals surface area contributed by atoms with Crippen LogP contribution in [0.4, 0.5) is 4.79 Å². The zero-order valence-corrected chi connectivity index (χ0v) is 12.4. The molecule has 19 heavy (non-hydrogen) atoms. The first-order chi connectivity index (χ1) is 9.00. The van der Waals surface area contributed by atoms with Gasteiger partial charge >= 0.3 is 19.2 Å². The summed E-state index contributed by atoms with van der Waals surface area (Å²) in [6, 6.07) is -0.702. The number of ether oxygens (including phenoxy) is 1. The highest BCUT2D eigenvalue weighted by molar-refractivity contribution is 7.71. The molecule has 8 heteroatoms. The fraction of sp³-hybridized carbons (Fsp3) is 0.818. The molecule has 0 N–H and O–H groups in total. The van der Waals surface area contributed by atoms with Gasteiger partial charge in [-0.25, -0.2) is 9.36 Å². The summed E-state index contributed by atoms with van der Waals surface area (Å²) in [6.07, 6.45) is 1.15. The van der Waals surface area contributed by atoms with E-state index < -0.39 is 25.3 Å². The third-order valence-corrected chi connectivity index (χ3v) is 4.73. The van der Waals surface area contributed by atoms with Crippen molar-refractivity contribution in [2.75, 3.05) is 26.9 Å². The van der Waals surface area contributed by atoms with Crippen molar-refractivity contribution in [3.8, 4) is 0 Å². The molecular weight excluding hydrogens is 273 g/mol. The van der Waals surface area contributed by atoms with Crippen LogP contribution in [0.5, 0.6) is 0 Å². The number of methoxy groups -OCH3 is 1. The molecule has 0 bridgehead atoms. The molecule has 7 nitrogen and oxygen atoms in total. The summed E-state index contributed by atoms with van der Waals surface area (Å²) in [5.41, 5.74) is -0.760. The van der Waals surface area contributed by atoms with Gasteiger partial charge in [0.05, 0.1) is 20.3 Å². The van der Waals surface area contributed by atoms with E-state index in [0.717, 1.165) is 0 Å². The summed E-state index contributed by atoms with van der Waals surface area (Å²) in [5, 5.41) is 0. The Morgan fingerprint density at radius 2 is 1.84 bits per heavy atom. The maximum atomic E-state index is 12.4. The van der Waals surface area contributed by atoms with Gasteiger partial charge in [-0.1, -0.05) is 0 Å². The number of hydrogen-bond acceptors (Lipinski definition) is 6. The topological polar surface area (TPSA) is 82.1 Å². The Labute approximate surface area is 112 Å². The standard InChI is InChI=1S/C11H20NO6P/c1-4-17-19(15,18-5-2)11(14)12-8-6-7-9(12)10(13)16-3/h9H,4-8H2,1-3H3. The van der Waals surface area contributed by atoms with E-state index in [1.807, 2.05) is 0 Å². The van der Waals surface area contributed by atoms with E-state index in [1.54, 1.807) is 13.8 Å². The highest BCUT2D eigenvalue weighted by Gasteiger charge is 2.45. The maximum absolute atomic E-state index is 12.4. The monoisotopic (exact) mass is 293 g/mol. The van der Waals surface area contributed by atoms with Crippen LogP contribution in [-0.4, -0.2) is 49.4 Å². The Bertz CT molecular complexity index is 375. The van der Waals surface area contributed by atoms with Gasteiger partial charge in [0, 0.05) is 6.54 Å². The molecule has 0 aromatic carbocycles. The van der Waals surface area contributed by atoms with Crippen molar-refractivity contribution in [3.05, 3.63) is 0 Å². The molecule has 0 aliphatic carbocycles. The molecule has 1 atom stereocenters. The normalized spacial score (nSPS) is 19.5. The number of hydrogen-bond donors (Lipinski definition) is 0. The summed E-state index contributed by atoms with van der Waals surface area (Å²) >= 11 is 0. The van der Waals surface area contributed by atoms with Crippen LogP contribution in [0.25, 0.3) is 0 Å². The predicted octanol–water partition coefficient (Wildman–Crippen LogP) is 2.01. The quantitative estimate of drug-likeness (QED) is 0.550. The molecule has 1 unspecified atom stereocenters. The molecule has 0 spiro atoms. The fourth-order valence-corrected chi connectivity index (χ4v) is 3.55. The molecule has 0 aromatic rings. The number of esters is 1. The first kappa shape index (κ1) is 16.1. The van der Waals surface area contributed by atoms with Gasteiger partial charge in [0.1, 0.15) is 6.04 Å². The Kier molecular flexibility index (Phi) is 5.97. The van der Waals surface area contributed by atoms with Crippen molar-refractivity contribution >= 4 is 19.2 Å². The second kappa shape index (κ2) is 7.03. The van der Waals surface area contributed by atoms with Crippen LogP contribution < -0.4 is 0 Å². The molecule has 1 amide bonds. The van der Waals surface area contributed by atoms with Gasteiger partial charge in [0.2, 0.25) is 0 Å². The Balaban J connectivity index is 2.90. The maximum Gasteiger partial charge on any atom is 0.418 e. The lowest BCUT2D eigenvalue weighted by Gasteiger charge is -2.26. The Hall–Kier alpha value is -0.910. The highest BCUT2D eigenvalue weighted by Crippen LogP contribution is 2.51. The van der Waals surface area contributed by atoms with Crippen molar-refractivity contribution < 1.29 is 27.9 Å². The zero-order chi connectivity index (χ0) is 14.5. The molecule has 110 valence electrons. The zero-order valence-electron chi connectivity index (χ0n) is 11.5. The number of carbonyl (C=O) groups is 2. The van der Waals surface area contributed by atoms with Crippen LogP contribution in [0.1, 0.15) is 26.7 Å². The summed E-state index contributed by atoms with van der Waals surface area (Å²) in [5.74, 6) is -0.509. The van der Waals surface area contributed by atoms with Crippen molar-refractivity contribution in [1.82, 2.24) is 4.90 Å². The lowest BCUT2D eigenvalue weighted by atomic mass is 10.2. The van der Waals surface area contributed by atoms with Crippen molar-refractivity contribution in [2.45, 2.75) is 32.7 Å². The van der Waals surface area contributed by atoms with Crippen LogP contribution in [-0.2, 0) is 23.1 Å². The second-order valence-corrected chi connectivity index (χ2v) is 5.88. The summed E-state index contributed by atoms with van der Waals surface area (Å²) < 4.78 is 27.0. The van der Waals surface area contributed by atoms with Gasteiger partial charge in [-0.05, 0) is 26.7 Å². The van der Waals surface area contributed by atoms with Gasteiger partial charge in [0.25, 0.3) is 0 Å². The SMILES string of the molecule is CCOP(=O)(OCC)C(=O)N1CCCC1C(=O)OC. The minimum atomic E-state index is -3.87. The summed E-state index contributed by atoms with van der Waals surface area (Å²) in [7, 11) is -2.61. The molecule has 1 fully saturated rings. The number of nitrogens with zero attached hydrogens (tertiary/aromatic N) is 1. The van der Waals surface area contributed by atoms with E-state index in [-0.39, 0.29) is 13.2 Å². The van der Waals surface area contributed by atoms with Crippen LogP contribution in [0, 0.1) is 0 Å². The minimum Gasteiger partial charge on any atom is -0.467 e. The van der Waals surface area contributed by atoms with E-state index in [0.29, 0.717) is 19.4 Å². The average Bonchev–Trinajstić information content (AvgIpc) is 2.86. The van der Waals surface area contributed by atoms with E-state index in [9.17, 15) is 14.2 Å². The average molecular weight is 293 g/mol. The van der Waals surface area contributed by atoms with E-state index >= 15 is 0 Å². The van der Waals surface area contributed by atoms with Crippen molar-refractivity contribution in [1.29, 1.82) is 0 Å². The van der Waals surface area contributed by atoms with E-state index in [2.05, 4.69) is 4.74 Å². The third-order valence-electron chi connectivity index (χ3n) is 2.80. The second-order valence-electron chi connectivity index (χ2n) is 3.99. The number of likely N-dealkylation sites (tertiary alicyclic amines) is 1. The van der Waals surface area contributed by atoms with E-state index in [4.69, 9.17) is 9.05 Å². The molecule has 1 heterocycles. The molecule has 1 aliphatic heterocycles. The molecule has 0 radical (unpaired) electrons. The van der Waals surface area contributed by atoms with Crippen molar-refractivity contribution in [2.24, 2.45) is 0 Å². The number of amides is 1. The molecule has 1 rings (SSSR count). The molecule has 1 aliphatic rings. The Morgan fingerprint density at radius 3 is 2.32 bits per heavy atom. The van der Waals surface area contributed by atoms with Gasteiger partial charge < -0.3 is 18.7 Å². The van der Waals surface area contributed by atoms with Crippen LogP contribution in [0.15, 0.2) is 0 Å². The smallest absolute Gasteiger partial charge is 0.418 e. The molecular formula is C11H20NO6P. The number of rotatable bonds is 6. The third kappa shape index (κ3) is 3.55.